The maximum atomic E-state index is 9.53. The third kappa shape index (κ3) is 7.63. The van der Waals surface area contributed by atoms with Gasteiger partial charge in [-0.2, -0.15) is 0 Å². The summed E-state index contributed by atoms with van der Waals surface area (Å²) < 4.78 is 21.0. The molecule has 1 aliphatic rings. The Hall–Kier alpha value is -1.71. The molecule has 1 aliphatic heterocycles. The highest BCUT2D eigenvalue weighted by Gasteiger charge is 2.50. The lowest BCUT2D eigenvalue weighted by atomic mass is 10.0. The van der Waals surface area contributed by atoms with E-state index in [1.54, 1.807) is 0 Å². The predicted molar refractivity (Wildman–Crippen MR) is 178 cm³/mol. The van der Waals surface area contributed by atoms with E-state index in [1.807, 2.05) is 0 Å². The van der Waals surface area contributed by atoms with Crippen LogP contribution in [0.15, 0.2) is 72.5 Å². The number of ether oxygens (including phenoxy) is 1. The van der Waals surface area contributed by atoms with Crippen molar-refractivity contribution < 1.29 is 18.7 Å². The molecule has 41 heavy (non-hydrogen) atoms. The van der Waals surface area contributed by atoms with Gasteiger partial charge in [0.15, 0.2) is 0 Å². The monoisotopic (exact) mass is 596 g/mol. The van der Waals surface area contributed by atoms with Crippen molar-refractivity contribution in [1.29, 1.82) is 0 Å². The number of hydrogen-bond acceptors (Lipinski definition) is 4. The number of benzene rings is 2. The molecule has 0 saturated heterocycles. The first kappa shape index (κ1) is 33.8. The molecule has 6 heteroatoms. The Morgan fingerprint density at radius 1 is 0.854 bits per heavy atom. The fourth-order valence-corrected chi connectivity index (χ4v) is 17.4. The van der Waals surface area contributed by atoms with E-state index in [0.717, 1.165) is 25.0 Å². The largest absolute Gasteiger partial charge is 0.495 e. The summed E-state index contributed by atoms with van der Waals surface area (Å²) in [4.78, 5) is 0. The molecule has 0 fully saturated rings. The zero-order chi connectivity index (χ0) is 30.3. The SMILES string of the molecule is CC(C)[Si](O[C@H]1C=C(CCCO)O[C@H](CCO[Si](c2ccccc2)(c2ccccc2)C(C)(C)C)C1)(C(C)C)C(C)C. The predicted octanol–water partition coefficient (Wildman–Crippen LogP) is 7.96. The van der Waals surface area contributed by atoms with E-state index in [1.165, 1.54) is 10.4 Å². The third-order valence-electron chi connectivity index (χ3n) is 9.00. The number of hydrogen-bond donors (Lipinski definition) is 1. The second-order valence-electron chi connectivity index (χ2n) is 13.7. The normalized spacial score (nSPS) is 18.6. The Morgan fingerprint density at radius 2 is 1.37 bits per heavy atom. The highest BCUT2D eigenvalue weighted by molar-refractivity contribution is 6.99. The first-order chi connectivity index (χ1) is 19.4. The summed E-state index contributed by atoms with van der Waals surface area (Å²) in [5.41, 5.74) is 1.57. The highest BCUT2D eigenvalue weighted by Crippen LogP contribution is 2.44. The van der Waals surface area contributed by atoms with Gasteiger partial charge in [-0.05, 0) is 44.5 Å². The average Bonchev–Trinajstić information content (AvgIpc) is 2.92. The van der Waals surface area contributed by atoms with Crippen LogP contribution < -0.4 is 10.4 Å². The zero-order valence-corrected chi connectivity index (χ0v) is 29.2. The van der Waals surface area contributed by atoms with Crippen LogP contribution in [0.5, 0.6) is 0 Å². The van der Waals surface area contributed by atoms with E-state index < -0.39 is 16.6 Å². The van der Waals surface area contributed by atoms with Crippen LogP contribution in [-0.2, 0) is 13.6 Å². The molecule has 2 atom stereocenters. The number of aliphatic hydroxyl groups is 1. The van der Waals surface area contributed by atoms with E-state index in [2.05, 4.69) is 129 Å². The molecule has 0 radical (unpaired) electrons. The number of allylic oxidation sites excluding steroid dienone is 1. The Balaban J connectivity index is 1.88. The molecule has 0 spiro atoms. The fourth-order valence-electron chi connectivity index (χ4n) is 7.27. The number of rotatable bonds is 14. The van der Waals surface area contributed by atoms with Gasteiger partial charge < -0.3 is 18.7 Å². The molecule has 228 valence electrons. The van der Waals surface area contributed by atoms with Crippen LogP contribution in [-0.4, -0.2) is 47.2 Å². The van der Waals surface area contributed by atoms with E-state index in [0.29, 0.717) is 29.7 Å². The Kier molecular flexibility index (Phi) is 12.1. The van der Waals surface area contributed by atoms with Crippen molar-refractivity contribution in [2.24, 2.45) is 0 Å². The van der Waals surface area contributed by atoms with Crippen molar-refractivity contribution in [3.8, 4) is 0 Å². The van der Waals surface area contributed by atoms with Crippen LogP contribution in [0, 0.1) is 0 Å². The van der Waals surface area contributed by atoms with Crippen LogP contribution in [0.4, 0.5) is 0 Å². The van der Waals surface area contributed by atoms with E-state index in [9.17, 15) is 5.11 Å². The van der Waals surface area contributed by atoms with Crippen LogP contribution in [0.2, 0.25) is 21.7 Å². The molecule has 3 rings (SSSR count). The summed E-state index contributed by atoms with van der Waals surface area (Å²) in [5, 5.41) is 12.1. The van der Waals surface area contributed by atoms with Crippen molar-refractivity contribution in [3.05, 3.63) is 72.5 Å². The van der Waals surface area contributed by atoms with Gasteiger partial charge in [-0.25, -0.2) is 0 Å². The van der Waals surface area contributed by atoms with Gasteiger partial charge in [0.25, 0.3) is 8.32 Å². The van der Waals surface area contributed by atoms with Gasteiger partial charge in [0, 0.05) is 32.5 Å². The Labute approximate surface area is 252 Å². The smallest absolute Gasteiger partial charge is 0.261 e. The minimum atomic E-state index is -2.60. The Morgan fingerprint density at radius 3 is 1.80 bits per heavy atom. The highest BCUT2D eigenvalue weighted by atomic mass is 28.4. The van der Waals surface area contributed by atoms with Crippen molar-refractivity contribution in [1.82, 2.24) is 0 Å². The van der Waals surface area contributed by atoms with Crippen LogP contribution in [0.25, 0.3) is 0 Å². The first-order valence-electron chi connectivity index (χ1n) is 15.8. The lowest BCUT2D eigenvalue weighted by Gasteiger charge is -2.46. The summed E-state index contributed by atoms with van der Waals surface area (Å²) in [5.74, 6) is 0.963. The molecule has 0 unspecified atom stereocenters. The topological polar surface area (TPSA) is 47.9 Å². The molecule has 0 amide bonds. The molecule has 4 nitrogen and oxygen atoms in total. The van der Waals surface area contributed by atoms with Crippen molar-refractivity contribution in [2.45, 2.75) is 122 Å². The average molecular weight is 597 g/mol. The van der Waals surface area contributed by atoms with Crippen LogP contribution >= 0.6 is 0 Å². The molecule has 2 aromatic carbocycles. The van der Waals surface area contributed by atoms with Gasteiger partial charge in [0.2, 0.25) is 8.32 Å². The van der Waals surface area contributed by atoms with Gasteiger partial charge in [-0.1, -0.05) is 123 Å². The molecule has 2 aromatic rings. The van der Waals surface area contributed by atoms with Crippen LogP contribution in [0.3, 0.4) is 0 Å². The number of aliphatic hydroxyl groups excluding tert-OH is 1. The van der Waals surface area contributed by atoms with Gasteiger partial charge in [-0.15, -0.1) is 0 Å². The molecule has 0 bridgehead atoms. The van der Waals surface area contributed by atoms with E-state index >= 15 is 0 Å². The quantitative estimate of drug-likeness (QED) is 0.225. The van der Waals surface area contributed by atoms with Gasteiger partial charge in [0.1, 0.15) is 6.10 Å². The molecule has 1 heterocycles. The molecular formula is C35H56O4Si2. The molecule has 1 N–H and O–H groups in total. The minimum absolute atomic E-state index is 0.0232. The fraction of sp³-hybridized carbons (Fsp3) is 0.600. The maximum absolute atomic E-state index is 9.53. The second-order valence-corrected chi connectivity index (χ2v) is 23.4. The summed E-state index contributed by atoms with van der Waals surface area (Å²) in [7, 11) is -4.65. The van der Waals surface area contributed by atoms with Crippen molar-refractivity contribution in [2.75, 3.05) is 13.2 Å². The first-order valence-corrected chi connectivity index (χ1v) is 19.8. The lowest BCUT2D eigenvalue weighted by Crippen LogP contribution is -2.66. The molecule has 0 saturated carbocycles. The van der Waals surface area contributed by atoms with Crippen molar-refractivity contribution in [3.63, 3.8) is 0 Å². The van der Waals surface area contributed by atoms with Crippen molar-refractivity contribution >= 4 is 27.0 Å². The Bertz CT molecular complexity index is 1020. The molecule has 0 aromatic heterocycles. The second kappa shape index (κ2) is 14.7. The maximum Gasteiger partial charge on any atom is 0.261 e. The third-order valence-corrected chi connectivity index (χ3v) is 20.2. The summed E-state index contributed by atoms with van der Waals surface area (Å²) in [6.45, 7) is 21.8. The van der Waals surface area contributed by atoms with Crippen LogP contribution in [0.1, 0.15) is 88.0 Å². The molecule has 0 aliphatic carbocycles. The zero-order valence-electron chi connectivity index (χ0n) is 27.2. The summed E-state index contributed by atoms with van der Waals surface area (Å²) in [6, 6.07) is 21.7. The summed E-state index contributed by atoms with van der Waals surface area (Å²) >= 11 is 0. The van der Waals surface area contributed by atoms with Gasteiger partial charge in [-0.3, -0.25) is 0 Å². The van der Waals surface area contributed by atoms with E-state index in [4.69, 9.17) is 13.6 Å². The van der Waals surface area contributed by atoms with Gasteiger partial charge >= 0.3 is 0 Å². The minimum Gasteiger partial charge on any atom is -0.495 e. The van der Waals surface area contributed by atoms with E-state index in [-0.39, 0.29) is 23.9 Å². The summed E-state index contributed by atoms with van der Waals surface area (Å²) in [6.07, 6.45) is 5.36. The van der Waals surface area contributed by atoms with Gasteiger partial charge in [0.05, 0.1) is 11.9 Å². The lowest BCUT2D eigenvalue weighted by molar-refractivity contribution is 0.0274. The standard InChI is InChI=1S/C35H56O4Si2/c1-27(2)40(28(3)4,29(5)6)39-32-25-30(17-16-23-36)38-31(26-32)22-24-37-41(35(7,8)9,33-18-12-10-13-19-33)34-20-14-11-15-21-34/h10-15,18-21,25,27-29,31-32,36H,16-17,22-24,26H2,1-9H3/t31-,32+/m1/s1. The molecular weight excluding hydrogens is 541 g/mol.